The van der Waals surface area contributed by atoms with Gasteiger partial charge in [0.15, 0.2) is 0 Å². The van der Waals surface area contributed by atoms with Crippen LogP contribution in [-0.2, 0) is 17.1 Å². The number of carbonyl (C=O) groups excluding carboxylic acids is 1. The Morgan fingerprint density at radius 2 is 2.06 bits per heavy atom. The molecule has 1 aliphatic rings. The summed E-state index contributed by atoms with van der Waals surface area (Å²) in [6.45, 7) is 0.617. The van der Waals surface area contributed by atoms with Crippen molar-refractivity contribution in [1.29, 1.82) is 0 Å². The Hall–Kier alpha value is -1.38. The molecule has 8 heteroatoms. The van der Waals surface area contributed by atoms with Gasteiger partial charge in [-0.15, -0.1) is 0 Å². The van der Waals surface area contributed by atoms with Gasteiger partial charge in [-0.05, 0) is 6.07 Å². The Morgan fingerprint density at radius 1 is 1.47 bits per heavy atom. The molecule has 1 saturated heterocycles. The normalized spacial score (nSPS) is 18.0. The standard InChI is InChI=1S/C9H14N4O3S/c1-12-5-7(2-8(12)9(11)14)17(15,16)13-3-6(10)4-13/h2,5-6H,3-4,10H2,1H3,(H2,11,14). The van der Waals surface area contributed by atoms with Gasteiger partial charge in [0.1, 0.15) is 10.6 Å². The number of aromatic nitrogens is 1. The molecule has 0 spiro atoms. The zero-order chi connectivity index (χ0) is 12.8. The van der Waals surface area contributed by atoms with Crippen molar-refractivity contribution in [3.63, 3.8) is 0 Å². The molecule has 4 N–H and O–H groups in total. The van der Waals surface area contributed by atoms with Crippen LogP contribution in [0.3, 0.4) is 0 Å². The highest BCUT2D eigenvalue weighted by atomic mass is 32.2. The highest BCUT2D eigenvalue weighted by molar-refractivity contribution is 7.89. The van der Waals surface area contributed by atoms with Crippen molar-refractivity contribution < 1.29 is 13.2 Å². The van der Waals surface area contributed by atoms with Gasteiger partial charge in [0, 0.05) is 32.4 Å². The van der Waals surface area contributed by atoms with Gasteiger partial charge in [-0.2, -0.15) is 4.31 Å². The molecule has 0 bridgehead atoms. The van der Waals surface area contributed by atoms with E-state index in [2.05, 4.69) is 0 Å². The van der Waals surface area contributed by atoms with Crippen LogP contribution >= 0.6 is 0 Å². The molecule has 1 aromatic heterocycles. The molecule has 0 aromatic carbocycles. The molecule has 0 radical (unpaired) electrons. The Kier molecular flexibility index (Phi) is 2.72. The number of nitrogens with two attached hydrogens (primary N) is 2. The first-order valence-corrected chi connectivity index (χ1v) is 6.48. The SMILES string of the molecule is Cn1cc(S(=O)(=O)N2CC(N)C2)cc1C(N)=O. The number of amides is 1. The van der Waals surface area contributed by atoms with E-state index in [1.54, 1.807) is 7.05 Å². The second-order valence-electron chi connectivity index (χ2n) is 4.12. The molecule has 17 heavy (non-hydrogen) atoms. The molecule has 0 atom stereocenters. The zero-order valence-electron chi connectivity index (χ0n) is 9.33. The van der Waals surface area contributed by atoms with Crippen LogP contribution in [0, 0.1) is 0 Å². The molecule has 1 amide bonds. The number of nitrogens with zero attached hydrogens (tertiary/aromatic N) is 2. The summed E-state index contributed by atoms with van der Waals surface area (Å²) >= 11 is 0. The summed E-state index contributed by atoms with van der Waals surface area (Å²) in [6, 6.07) is 1.17. The van der Waals surface area contributed by atoms with Crippen molar-refractivity contribution >= 4 is 15.9 Å². The fourth-order valence-electron chi connectivity index (χ4n) is 1.74. The number of primary amides is 1. The predicted molar refractivity (Wildman–Crippen MR) is 60.7 cm³/mol. The first kappa shape index (κ1) is 12.1. The van der Waals surface area contributed by atoms with Crippen molar-refractivity contribution in [2.75, 3.05) is 13.1 Å². The summed E-state index contributed by atoms with van der Waals surface area (Å²) in [5.74, 6) is -0.658. The highest BCUT2D eigenvalue weighted by Gasteiger charge is 2.35. The minimum absolute atomic E-state index is 0.0701. The van der Waals surface area contributed by atoms with Gasteiger partial charge in [0.2, 0.25) is 10.0 Å². The molecule has 7 nitrogen and oxygen atoms in total. The molecular weight excluding hydrogens is 244 g/mol. The van der Waals surface area contributed by atoms with Gasteiger partial charge in [0.05, 0.1) is 0 Å². The van der Waals surface area contributed by atoms with Crippen LogP contribution in [0.2, 0.25) is 0 Å². The lowest BCUT2D eigenvalue weighted by molar-refractivity contribution is 0.0992. The Morgan fingerprint density at radius 3 is 2.47 bits per heavy atom. The molecule has 0 unspecified atom stereocenters. The van der Waals surface area contributed by atoms with Crippen LogP contribution in [0.15, 0.2) is 17.2 Å². The van der Waals surface area contributed by atoms with Gasteiger partial charge < -0.3 is 16.0 Å². The summed E-state index contributed by atoms with van der Waals surface area (Å²) in [4.78, 5) is 11.1. The van der Waals surface area contributed by atoms with Crippen molar-refractivity contribution in [2.24, 2.45) is 18.5 Å². The molecule has 0 saturated carbocycles. The Labute approximate surface area is 99.0 Å². The van der Waals surface area contributed by atoms with Gasteiger partial charge in [0.25, 0.3) is 5.91 Å². The second-order valence-corrected chi connectivity index (χ2v) is 6.06. The number of aryl methyl sites for hydroxylation is 1. The number of carbonyl (C=O) groups is 1. The van der Waals surface area contributed by atoms with E-state index in [0.717, 1.165) is 0 Å². The van der Waals surface area contributed by atoms with Gasteiger partial charge >= 0.3 is 0 Å². The third kappa shape index (κ3) is 1.94. The Bertz CT molecular complexity index is 557. The zero-order valence-corrected chi connectivity index (χ0v) is 10.1. The molecule has 1 aliphatic heterocycles. The monoisotopic (exact) mass is 258 g/mol. The van der Waals surface area contributed by atoms with Crippen molar-refractivity contribution in [3.8, 4) is 0 Å². The van der Waals surface area contributed by atoms with Crippen molar-refractivity contribution in [1.82, 2.24) is 8.87 Å². The molecule has 2 rings (SSSR count). The quantitative estimate of drug-likeness (QED) is 0.684. The van der Waals surface area contributed by atoms with E-state index in [4.69, 9.17) is 11.5 Å². The summed E-state index contributed by atoms with van der Waals surface area (Å²) in [6.07, 6.45) is 1.37. The molecule has 2 heterocycles. The third-order valence-electron chi connectivity index (χ3n) is 2.75. The van der Waals surface area contributed by atoms with Gasteiger partial charge in [-0.1, -0.05) is 0 Å². The maximum atomic E-state index is 12.1. The van der Waals surface area contributed by atoms with Crippen LogP contribution in [-0.4, -0.2) is 42.3 Å². The van der Waals surface area contributed by atoms with Crippen LogP contribution in [0.1, 0.15) is 10.5 Å². The average Bonchev–Trinajstić information content (AvgIpc) is 2.56. The summed E-state index contributed by atoms with van der Waals surface area (Å²) in [5, 5.41) is 0. The molecular formula is C9H14N4O3S. The minimum Gasteiger partial charge on any atom is -0.364 e. The number of hydrogen-bond donors (Lipinski definition) is 2. The number of sulfonamides is 1. The van der Waals surface area contributed by atoms with E-state index in [0.29, 0.717) is 13.1 Å². The van der Waals surface area contributed by atoms with Crippen LogP contribution in [0.5, 0.6) is 0 Å². The maximum absolute atomic E-state index is 12.1. The van der Waals surface area contributed by atoms with E-state index in [1.807, 2.05) is 0 Å². The predicted octanol–water partition coefficient (Wildman–Crippen LogP) is -1.54. The minimum atomic E-state index is -3.55. The number of hydrogen-bond acceptors (Lipinski definition) is 4. The summed E-state index contributed by atoms with van der Waals surface area (Å²) in [7, 11) is -1.98. The lowest BCUT2D eigenvalue weighted by Gasteiger charge is -2.35. The maximum Gasteiger partial charge on any atom is 0.265 e. The largest absolute Gasteiger partial charge is 0.364 e. The fourth-order valence-corrected chi connectivity index (χ4v) is 3.36. The third-order valence-corrected chi connectivity index (χ3v) is 4.54. The molecule has 0 aliphatic carbocycles. The summed E-state index contributed by atoms with van der Waals surface area (Å²) in [5.41, 5.74) is 10.8. The number of rotatable bonds is 3. The van der Waals surface area contributed by atoms with Crippen LogP contribution in [0.25, 0.3) is 0 Å². The summed E-state index contributed by atoms with van der Waals surface area (Å²) < 4.78 is 26.8. The topological polar surface area (TPSA) is 111 Å². The molecule has 94 valence electrons. The fraction of sp³-hybridized carbons (Fsp3) is 0.444. The van der Waals surface area contributed by atoms with E-state index in [9.17, 15) is 13.2 Å². The van der Waals surface area contributed by atoms with E-state index in [1.165, 1.54) is 21.1 Å². The molecule has 1 fully saturated rings. The van der Waals surface area contributed by atoms with Crippen molar-refractivity contribution in [3.05, 3.63) is 18.0 Å². The molecule has 1 aromatic rings. The first-order chi connectivity index (χ1) is 7.82. The van der Waals surface area contributed by atoms with E-state index >= 15 is 0 Å². The van der Waals surface area contributed by atoms with E-state index < -0.39 is 15.9 Å². The van der Waals surface area contributed by atoms with E-state index in [-0.39, 0.29) is 16.6 Å². The second kappa shape index (κ2) is 3.83. The average molecular weight is 258 g/mol. The van der Waals surface area contributed by atoms with Gasteiger partial charge in [-0.3, -0.25) is 4.79 Å². The first-order valence-electron chi connectivity index (χ1n) is 5.04. The highest BCUT2D eigenvalue weighted by Crippen LogP contribution is 2.22. The lowest BCUT2D eigenvalue weighted by atomic mass is 10.2. The lowest BCUT2D eigenvalue weighted by Crippen LogP contribution is -2.57. The van der Waals surface area contributed by atoms with Crippen LogP contribution in [0.4, 0.5) is 0 Å². The van der Waals surface area contributed by atoms with Crippen LogP contribution < -0.4 is 11.5 Å². The van der Waals surface area contributed by atoms with Gasteiger partial charge in [-0.25, -0.2) is 8.42 Å². The van der Waals surface area contributed by atoms with Crippen molar-refractivity contribution in [2.45, 2.75) is 10.9 Å². The Balaban J connectivity index is 2.34. The smallest absolute Gasteiger partial charge is 0.265 e.